The maximum atomic E-state index is 12.3. The van der Waals surface area contributed by atoms with Gasteiger partial charge < -0.3 is 9.84 Å². The summed E-state index contributed by atoms with van der Waals surface area (Å²) >= 11 is 0. The molecule has 0 radical (unpaired) electrons. The number of fused-ring (bicyclic) bond motifs is 3. The largest absolute Gasteiger partial charge is 0.393 e. The fraction of sp³-hybridized carbons (Fsp3) is 0.600. The second-order valence-electron chi connectivity index (χ2n) is 6.09. The van der Waals surface area contributed by atoms with Crippen LogP contribution in [0.4, 0.5) is 0 Å². The van der Waals surface area contributed by atoms with Crippen molar-refractivity contribution in [3.8, 4) is 0 Å². The molecule has 0 aromatic heterocycles. The molecule has 4 heteroatoms. The molecule has 1 aliphatic heterocycles. The van der Waals surface area contributed by atoms with Crippen molar-refractivity contribution in [2.75, 3.05) is 0 Å². The molecule has 0 aromatic carbocycles. The molecular weight excluding hydrogens is 244 g/mol. The van der Waals surface area contributed by atoms with E-state index in [0.29, 0.717) is 19.1 Å². The number of carbonyl (C=O) groups excluding carboxylic acids is 2. The predicted octanol–water partition coefficient (Wildman–Crippen LogP) is 1.19. The molecule has 3 rings (SSSR count). The van der Waals surface area contributed by atoms with E-state index in [1.54, 1.807) is 6.08 Å². The van der Waals surface area contributed by atoms with Crippen molar-refractivity contribution < 1.29 is 19.4 Å². The summed E-state index contributed by atoms with van der Waals surface area (Å²) in [6.07, 6.45) is 2.82. The van der Waals surface area contributed by atoms with Crippen LogP contribution in [0, 0.1) is 11.3 Å². The highest BCUT2D eigenvalue weighted by molar-refractivity contribution is 6.08. The Bertz CT molecular complexity index is 520. The lowest BCUT2D eigenvalue weighted by atomic mass is 9.57. The van der Waals surface area contributed by atoms with E-state index in [4.69, 9.17) is 4.74 Å². The van der Waals surface area contributed by atoms with Crippen LogP contribution in [0.1, 0.15) is 26.7 Å². The van der Waals surface area contributed by atoms with Gasteiger partial charge in [-0.05, 0) is 24.8 Å². The van der Waals surface area contributed by atoms with Crippen molar-refractivity contribution in [3.63, 3.8) is 0 Å². The molecule has 0 spiro atoms. The van der Waals surface area contributed by atoms with Crippen LogP contribution in [-0.4, -0.2) is 35.0 Å². The molecule has 2 aliphatic carbocycles. The van der Waals surface area contributed by atoms with Crippen LogP contribution < -0.4 is 0 Å². The lowest BCUT2D eigenvalue weighted by Gasteiger charge is -2.46. The highest BCUT2D eigenvalue weighted by Gasteiger charge is 2.74. The Hall–Kier alpha value is -1.26. The molecule has 1 saturated carbocycles. The Balaban J connectivity index is 2.10. The summed E-state index contributed by atoms with van der Waals surface area (Å²) in [5.74, 6) is -0.183. The van der Waals surface area contributed by atoms with Gasteiger partial charge in [-0.2, -0.15) is 0 Å². The first-order valence-electron chi connectivity index (χ1n) is 6.65. The van der Waals surface area contributed by atoms with Crippen molar-refractivity contribution in [1.29, 1.82) is 0 Å². The molecule has 1 N–H and O–H groups in total. The van der Waals surface area contributed by atoms with Gasteiger partial charge >= 0.3 is 0 Å². The molecule has 1 heterocycles. The summed E-state index contributed by atoms with van der Waals surface area (Å²) in [5.41, 5.74) is -0.332. The van der Waals surface area contributed by atoms with Crippen LogP contribution >= 0.6 is 0 Å². The van der Waals surface area contributed by atoms with E-state index in [-0.39, 0.29) is 23.4 Å². The van der Waals surface area contributed by atoms with Crippen LogP contribution in [0.25, 0.3) is 0 Å². The van der Waals surface area contributed by atoms with Crippen LogP contribution in [0.15, 0.2) is 23.8 Å². The molecule has 19 heavy (non-hydrogen) atoms. The minimum absolute atomic E-state index is 0.00747. The number of hydrogen-bond donors (Lipinski definition) is 1. The van der Waals surface area contributed by atoms with Crippen molar-refractivity contribution in [2.24, 2.45) is 11.3 Å². The molecule has 0 bridgehead atoms. The smallest absolute Gasteiger partial charge is 0.194 e. The van der Waals surface area contributed by atoms with E-state index in [2.05, 4.69) is 6.58 Å². The van der Waals surface area contributed by atoms with Gasteiger partial charge in [-0.1, -0.05) is 26.0 Å². The van der Waals surface area contributed by atoms with Crippen molar-refractivity contribution in [1.82, 2.24) is 0 Å². The normalized spacial score (nSPS) is 47.8. The van der Waals surface area contributed by atoms with Gasteiger partial charge in [-0.25, -0.2) is 0 Å². The average Bonchev–Trinajstić information content (AvgIpc) is 3.15. The minimum Gasteiger partial charge on any atom is -0.393 e. The maximum absolute atomic E-state index is 12.3. The van der Waals surface area contributed by atoms with Gasteiger partial charge in [0.25, 0.3) is 0 Å². The average molecular weight is 262 g/mol. The second kappa shape index (κ2) is 3.64. The quantitative estimate of drug-likeness (QED) is 0.461. The van der Waals surface area contributed by atoms with Gasteiger partial charge in [0.15, 0.2) is 11.4 Å². The van der Waals surface area contributed by atoms with E-state index in [1.807, 2.05) is 13.8 Å². The predicted molar refractivity (Wildman–Crippen MR) is 68.4 cm³/mol. The number of carbonyl (C=O) groups is 2. The first-order valence-corrected chi connectivity index (χ1v) is 6.65. The standard InChI is InChI=1S/C15H18O4/c1-8(7-16)15-12(18)6-10-4-5-11(17)9(2)14(10,3)13(15)19-15/h6-7,9,11,13,17H,1,4-5H2,2-3H3. The summed E-state index contributed by atoms with van der Waals surface area (Å²) in [7, 11) is 0. The van der Waals surface area contributed by atoms with Gasteiger partial charge in [-0.15, -0.1) is 0 Å². The van der Waals surface area contributed by atoms with Gasteiger partial charge in [-0.3, -0.25) is 9.59 Å². The lowest BCUT2D eigenvalue weighted by molar-refractivity contribution is -0.120. The number of aliphatic hydroxyl groups is 1. The lowest BCUT2D eigenvalue weighted by Crippen LogP contribution is -2.50. The highest BCUT2D eigenvalue weighted by atomic mass is 16.6. The third-order valence-electron chi connectivity index (χ3n) is 5.38. The van der Waals surface area contributed by atoms with E-state index in [9.17, 15) is 14.7 Å². The van der Waals surface area contributed by atoms with Gasteiger partial charge in [0.2, 0.25) is 0 Å². The first-order chi connectivity index (χ1) is 8.88. The van der Waals surface area contributed by atoms with Crippen LogP contribution in [0.3, 0.4) is 0 Å². The molecule has 5 unspecified atom stereocenters. The molecule has 0 aromatic rings. The summed E-state index contributed by atoms with van der Waals surface area (Å²) in [4.78, 5) is 23.2. The minimum atomic E-state index is -1.16. The Morgan fingerprint density at radius 2 is 2.32 bits per heavy atom. The number of hydrogen-bond acceptors (Lipinski definition) is 4. The summed E-state index contributed by atoms with van der Waals surface area (Å²) in [5, 5.41) is 10.1. The molecule has 102 valence electrons. The summed E-state index contributed by atoms with van der Waals surface area (Å²) < 4.78 is 5.68. The Kier molecular flexibility index (Phi) is 2.45. The van der Waals surface area contributed by atoms with Crippen LogP contribution in [0.5, 0.6) is 0 Å². The second-order valence-corrected chi connectivity index (χ2v) is 6.09. The highest BCUT2D eigenvalue weighted by Crippen LogP contribution is 2.63. The Morgan fingerprint density at radius 1 is 1.63 bits per heavy atom. The molecule has 4 nitrogen and oxygen atoms in total. The fourth-order valence-electron chi connectivity index (χ4n) is 3.79. The van der Waals surface area contributed by atoms with Gasteiger partial charge in [0.1, 0.15) is 12.4 Å². The Labute approximate surface area is 112 Å². The molecule has 5 atom stereocenters. The van der Waals surface area contributed by atoms with Crippen LogP contribution in [0.2, 0.25) is 0 Å². The topological polar surface area (TPSA) is 66.9 Å². The van der Waals surface area contributed by atoms with E-state index < -0.39 is 17.1 Å². The molecule has 2 fully saturated rings. The fourth-order valence-corrected chi connectivity index (χ4v) is 3.79. The molecule has 0 amide bonds. The SMILES string of the molecule is C=C(C=O)C12OC1C1(C)C(=CC2=O)CCC(O)C1C. The monoisotopic (exact) mass is 262 g/mol. The summed E-state index contributed by atoms with van der Waals surface area (Å²) in [6.45, 7) is 7.66. The number of ketones is 1. The van der Waals surface area contributed by atoms with Crippen LogP contribution in [-0.2, 0) is 14.3 Å². The zero-order valence-electron chi connectivity index (χ0n) is 11.2. The van der Waals surface area contributed by atoms with E-state index >= 15 is 0 Å². The first kappa shape index (κ1) is 12.8. The van der Waals surface area contributed by atoms with E-state index in [1.165, 1.54) is 0 Å². The van der Waals surface area contributed by atoms with Gasteiger partial charge in [0, 0.05) is 11.0 Å². The molecule has 1 saturated heterocycles. The number of epoxide rings is 1. The van der Waals surface area contributed by atoms with Crippen molar-refractivity contribution in [2.45, 2.75) is 44.5 Å². The third-order valence-corrected chi connectivity index (χ3v) is 5.38. The number of aldehydes is 1. The third kappa shape index (κ3) is 1.31. The van der Waals surface area contributed by atoms with Gasteiger partial charge in [0.05, 0.1) is 6.10 Å². The number of rotatable bonds is 2. The molecule has 3 aliphatic rings. The summed E-state index contributed by atoms with van der Waals surface area (Å²) in [6, 6.07) is 0. The number of ether oxygens (including phenoxy) is 1. The number of aliphatic hydroxyl groups excluding tert-OH is 1. The zero-order valence-corrected chi connectivity index (χ0v) is 11.2. The van der Waals surface area contributed by atoms with Crippen molar-refractivity contribution in [3.05, 3.63) is 23.8 Å². The molecular formula is C15H18O4. The Morgan fingerprint density at radius 3 is 2.95 bits per heavy atom. The van der Waals surface area contributed by atoms with Crippen molar-refractivity contribution >= 4 is 12.1 Å². The van der Waals surface area contributed by atoms with E-state index in [0.717, 1.165) is 5.57 Å². The zero-order chi connectivity index (χ0) is 14.0. The maximum Gasteiger partial charge on any atom is 0.194 e.